The molecule has 19 heavy (non-hydrogen) atoms. The lowest BCUT2D eigenvalue weighted by Gasteiger charge is -2.05. The summed E-state index contributed by atoms with van der Waals surface area (Å²) in [6, 6.07) is 0. The maximum atomic E-state index is 11.4. The first-order valence-electron chi connectivity index (χ1n) is 5.24. The number of methoxy groups -OCH3 is 1. The summed E-state index contributed by atoms with van der Waals surface area (Å²) in [5.41, 5.74) is 0.0231. The zero-order valence-electron chi connectivity index (χ0n) is 10.5. The highest BCUT2D eigenvalue weighted by molar-refractivity contribution is 6.12. The quantitative estimate of drug-likeness (QED) is 0.301. The molecule has 0 atom stereocenters. The number of carbonyl (C=O) groups is 4. The second kappa shape index (κ2) is 5.94. The van der Waals surface area contributed by atoms with Gasteiger partial charge in [-0.3, -0.25) is 4.79 Å². The molecule has 0 aliphatic carbocycles. The van der Waals surface area contributed by atoms with Crippen molar-refractivity contribution in [1.82, 2.24) is 0 Å². The molecule has 0 spiro atoms. The molecule has 7 nitrogen and oxygen atoms in total. The highest BCUT2D eigenvalue weighted by Gasteiger charge is 2.30. The van der Waals surface area contributed by atoms with E-state index >= 15 is 0 Å². The van der Waals surface area contributed by atoms with E-state index in [9.17, 15) is 19.2 Å². The molecule has 0 aromatic rings. The summed E-state index contributed by atoms with van der Waals surface area (Å²) >= 11 is 0. The number of rotatable bonds is 5. The summed E-state index contributed by atoms with van der Waals surface area (Å²) < 4.78 is 13.4. The van der Waals surface area contributed by atoms with E-state index in [-0.39, 0.29) is 29.7 Å². The lowest BCUT2D eigenvalue weighted by Crippen LogP contribution is -2.14. The molecule has 1 aliphatic rings. The second-order valence-corrected chi connectivity index (χ2v) is 3.71. The molecule has 102 valence electrons. The summed E-state index contributed by atoms with van der Waals surface area (Å²) in [5.74, 6) is -3.07. The van der Waals surface area contributed by atoms with Crippen LogP contribution in [0, 0.1) is 0 Å². The van der Waals surface area contributed by atoms with Gasteiger partial charge in [0.25, 0.3) is 0 Å². The lowest BCUT2D eigenvalue weighted by atomic mass is 10.2. The van der Waals surface area contributed by atoms with E-state index in [1.807, 2.05) is 0 Å². The van der Waals surface area contributed by atoms with Gasteiger partial charge in [-0.1, -0.05) is 6.58 Å². The van der Waals surface area contributed by atoms with Gasteiger partial charge in [0.2, 0.25) is 0 Å². The van der Waals surface area contributed by atoms with Gasteiger partial charge in [-0.15, -0.1) is 0 Å². The van der Waals surface area contributed by atoms with Gasteiger partial charge in [0.15, 0.2) is 0 Å². The molecule has 1 aliphatic heterocycles. The molecule has 1 heterocycles. The fraction of sp³-hybridized carbons (Fsp3) is 0.333. The third kappa shape index (κ3) is 3.51. The van der Waals surface area contributed by atoms with Crippen LogP contribution >= 0.6 is 0 Å². The maximum Gasteiger partial charge on any atom is 0.345 e. The Morgan fingerprint density at radius 3 is 2.37 bits per heavy atom. The van der Waals surface area contributed by atoms with Crippen LogP contribution < -0.4 is 0 Å². The first-order chi connectivity index (χ1) is 8.86. The standard InChI is InChI=1S/C12H12O7/c1-6(10(14)17-3)4-9(13)18-5-8-7(2)11(15)19-12(8)16/h1,4-5H2,2-3H3. The molecule has 1 rings (SSSR count). The van der Waals surface area contributed by atoms with Gasteiger partial charge in [-0.05, 0) is 6.92 Å². The van der Waals surface area contributed by atoms with Crippen molar-refractivity contribution in [2.24, 2.45) is 0 Å². The first-order valence-corrected chi connectivity index (χ1v) is 5.24. The fourth-order valence-corrected chi connectivity index (χ4v) is 1.26. The number of hydrogen-bond donors (Lipinski definition) is 0. The fourth-order valence-electron chi connectivity index (χ4n) is 1.26. The van der Waals surface area contributed by atoms with Crippen LogP contribution in [0.2, 0.25) is 0 Å². The SMILES string of the molecule is C=C(CC(=O)OCC1=C(C)C(=O)OC1=O)C(=O)OC. The number of esters is 4. The summed E-state index contributed by atoms with van der Waals surface area (Å²) in [6.45, 7) is 4.36. The Balaban J connectivity index is 2.52. The van der Waals surface area contributed by atoms with Crippen LogP contribution in [0.25, 0.3) is 0 Å². The van der Waals surface area contributed by atoms with Crippen molar-refractivity contribution in [2.45, 2.75) is 13.3 Å². The molecule has 7 heteroatoms. The van der Waals surface area contributed by atoms with E-state index in [1.54, 1.807) is 0 Å². The Morgan fingerprint density at radius 2 is 1.89 bits per heavy atom. The number of ether oxygens (including phenoxy) is 3. The number of cyclic esters (lactones) is 2. The van der Waals surface area contributed by atoms with Crippen LogP contribution in [0.1, 0.15) is 13.3 Å². The van der Waals surface area contributed by atoms with Gasteiger partial charge in [0.1, 0.15) is 6.61 Å². The van der Waals surface area contributed by atoms with Crippen LogP contribution in [0.15, 0.2) is 23.3 Å². The molecule has 0 unspecified atom stereocenters. The predicted molar refractivity (Wildman–Crippen MR) is 60.5 cm³/mol. The Labute approximate surface area is 108 Å². The minimum atomic E-state index is -0.831. The van der Waals surface area contributed by atoms with Crippen molar-refractivity contribution < 1.29 is 33.4 Å². The highest BCUT2D eigenvalue weighted by atomic mass is 16.6. The maximum absolute atomic E-state index is 11.4. The molecule has 0 aromatic heterocycles. The normalized spacial score (nSPS) is 14.2. The molecule has 0 aromatic carbocycles. The minimum Gasteiger partial charge on any atom is -0.466 e. The van der Waals surface area contributed by atoms with Gasteiger partial charge >= 0.3 is 23.9 Å². The van der Waals surface area contributed by atoms with Crippen molar-refractivity contribution in [3.63, 3.8) is 0 Å². The average Bonchev–Trinajstić information content (AvgIpc) is 2.60. The van der Waals surface area contributed by atoms with Gasteiger partial charge in [-0.25, -0.2) is 14.4 Å². The summed E-state index contributed by atoms with van der Waals surface area (Å²) in [6.07, 6.45) is -0.359. The van der Waals surface area contributed by atoms with Crippen LogP contribution in [0.3, 0.4) is 0 Å². The molecule has 0 N–H and O–H groups in total. The van der Waals surface area contributed by atoms with Gasteiger partial charge in [-0.2, -0.15) is 0 Å². The average molecular weight is 268 g/mol. The van der Waals surface area contributed by atoms with Crippen LogP contribution in [-0.2, 0) is 33.4 Å². The first kappa shape index (κ1) is 14.6. The summed E-state index contributed by atoms with van der Waals surface area (Å²) in [5, 5.41) is 0. The third-order valence-electron chi connectivity index (χ3n) is 2.40. The Bertz CT molecular complexity index is 498. The van der Waals surface area contributed by atoms with E-state index in [2.05, 4.69) is 16.1 Å². The molecule has 0 bridgehead atoms. The van der Waals surface area contributed by atoms with Gasteiger partial charge in [0, 0.05) is 11.1 Å². The van der Waals surface area contributed by atoms with E-state index in [1.165, 1.54) is 6.92 Å². The topological polar surface area (TPSA) is 96.0 Å². The smallest absolute Gasteiger partial charge is 0.345 e. The largest absolute Gasteiger partial charge is 0.466 e. The van der Waals surface area contributed by atoms with E-state index in [4.69, 9.17) is 4.74 Å². The van der Waals surface area contributed by atoms with E-state index < -0.39 is 23.9 Å². The molecule has 0 amide bonds. The molecule has 0 radical (unpaired) electrons. The van der Waals surface area contributed by atoms with Crippen molar-refractivity contribution >= 4 is 23.9 Å². The zero-order valence-corrected chi connectivity index (χ0v) is 10.5. The Hall–Kier alpha value is -2.44. The van der Waals surface area contributed by atoms with Crippen molar-refractivity contribution in [3.05, 3.63) is 23.3 Å². The second-order valence-electron chi connectivity index (χ2n) is 3.71. The monoisotopic (exact) mass is 268 g/mol. The molecular formula is C12H12O7. The Kier molecular flexibility index (Phi) is 4.57. The van der Waals surface area contributed by atoms with Crippen LogP contribution in [-0.4, -0.2) is 37.6 Å². The van der Waals surface area contributed by atoms with Crippen LogP contribution in [0.4, 0.5) is 0 Å². The number of hydrogen-bond acceptors (Lipinski definition) is 7. The minimum absolute atomic E-state index is 0.0120. The zero-order chi connectivity index (χ0) is 14.6. The third-order valence-corrected chi connectivity index (χ3v) is 2.40. The molecular weight excluding hydrogens is 256 g/mol. The Morgan fingerprint density at radius 1 is 1.26 bits per heavy atom. The van der Waals surface area contributed by atoms with Crippen molar-refractivity contribution in [2.75, 3.05) is 13.7 Å². The lowest BCUT2D eigenvalue weighted by molar-refractivity contribution is -0.151. The predicted octanol–water partition coefficient (Wildman–Crippen LogP) is 0.0488. The van der Waals surface area contributed by atoms with Crippen molar-refractivity contribution in [3.8, 4) is 0 Å². The van der Waals surface area contributed by atoms with E-state index in [0.717, 1.165) is 7.11 Å². The summed E-state index contributed by atoms with van der Waals surface area (Å²) in [4.78, 5) is 44.6. The number of carbonyl (C=O) groups excluding carboxylic acids is 4. The molecule has 0 saturated heterocycles. The highest BCUT2D eigenvalue weighted by Crippen LogP contribution is 2.17. The summed E-state index contributed by atoms with van der Waals surface area (Å²) in [7, 11) is 1.16. The molecule has 0 saturated carbocycles. The van der Waals surface area contributed by atoms with Gasteiger partial charge in [0.05, 0.1) is 19.1 Å². The van der Waals surface area contributed by atoms with Crippen LogP contribution in [0.5, 0.6) is 0 Å². The van der Waals surface area contributed by atoms with Crippen molar-refractivity contribution in [1.29, 1.82) is 0 Å². The van der Waals surface area contributed by atoms with Gasteiger partial charge < -0.3 is 14.2 Å². The molecule has 0 fully saturated rings. The van der Waals surface area contributed by atoms with E-state index in [0.29, 0.717) is 0 Å².